The zero-order chi connectivity index (χ0) is 23.3. The SMILES string of the molecule is COc1cccc(C2C(C(=O)c3ccco3)C(=O)C(=O)N2c2nc3c(C)cc(C)cc3s2)c1. The van der Waals surface area contributed by atoms with Gasteiger partial charge in [-0.2, -0.15) is 0 Å². The van der Waals surface area contributed by atoms with E-state index in [4.69, 9.17) is 14.1 Å². The Morgan fingerprint density at radius 3 is 2.67 bits per heavy atom. The third-order valence-corrected chi connectivity index (χ3v) is 6.81. The molecule has 4 aromatic rings. The first-order valence-electron chi connectivity index (χ1n) is 10.4. The molecule has 2 atom stereocenters. The number of aromatic nitrogens is 1. The smallest absolute Gasteiger partial charge is 0.297 e. The minimum atomic E-state index is -1.26. The molecule has 0 aliphatic carbocycles. The number of hydrogen-bond acceptors (Lipinski definition) is 7. The average Bonchev–Trinajstić information content (AvgIpc) is 3.53. The first-order valence-corrected chi connectivity index (χ1v) is 11.2. The van der Waals surface area contributed by atoms with Crippen LogP contribution in [0, 0.1) is 19.8 Å². The van der Waals surface area contributed by atoms with Crippen LogP contribution in [0.3, 0.4) is 0 Å². The van der Waals surface area contributed by atoms with Gasteiger partial charge in [0.2, 0.25) is 11.6 Å². The van der Waals surface area contributed by atoms with Crippen molar-refractivity contribution in [2.24, 2.45) is 5.92 Å². The molecular formula is C25H20N2O5S. The number of carbonyl (C=O) groups is 3. The van der Waals surface area contributed by atoms with Crippen LogP contribution in [0.15, 0.2) is 59.2 Å². The molecule has 1 amide bonds. The van der Waals surface area contributed by atoms with E-state index in [1.807, 2.05) is 26.0 Å². The van der Waals surface area contributed by atoms with Crippen molar-refractivity contribution in [3.8, 4) is 5.75 Å². The lowest BCUT2D eigenvalue weighted by Crippen LogP contribution is -2.30. The highest BCUT2D eigenvalue weighted by Crippen LogP contribution is 2.44. The van der Waals surface area contributed by atoms with Crippen LogP contribution >= 0.6 is 11.3 Å². The summed E-state index contributed by atoms with van der Waals surface area (Å²) in [6.45, 7) is 3.95. The van der Waals surface area contributed by atoms with Crippen LogP contribution in [0.2, 0.25) is 0 Å². The number of ketones is 2. The number of benzene rings is 2. The topological polar surface area (TPSA) is 89.7 Å². The maximum atomic E-state index is 13.3. The molecule has 1 fully saturated rings. The molecule has 0 saturated carbocycles. The Kier molecular flexibility index (Phi) is 5.09. The molecular weight excluding hydrogens is 440 g/mol. The second-order valence-corrected chi connectivity index (χ2v) is 9.01. The van der Waals surface area contributed by atoms with Gasteiger partial charge in [0.15, 0.2) is 10.9 Å². The van der Waals surface area contributed by atoms with Gasteiger partial charge in [-0.1, -0.05) is 29.5 Å². The number of furan rings is 1. The number of nitrogens with zero attached hydrogens (tertiary/aromatic N) is 2. The number of aryl methyl sites for hydroxylation is 2. The zero-order valence-electron chi connectivity index (χ0n) is 18.2. The average molecular weight is 461 g/mol. The standard InChI is InChI=1S/C25H20N2O5S/c1-13-10-14(2)20-18(11-13)33-25(26-20)27-21(15-6-4-7-16(12-15)31-3)19(23(29)24(27)30)22(28)17-8-5-9-32-17/h4-12,19,21H,1-3H3. The normalized spacial score (nSPS) is 18.3. The fraction of sp³-hybridized carbons (Fsp3) is 0.200. The minimum absolute atomic E-state index is 0.0339. The van der Waals surface area contributed by atoms with E-state index >= 15 is 0 Å². The van der Waals surface area contributed by atoms with Crippen molar-refractivity contribution < 1.29 is 23.5 Å². The van der Waals surface area contributed by atoms with Crippen molar-refractivity contribution in [2.75, 3.05) is 12.0 Å². The predicted octanol–water partition coefficient (Wildman–Crippen LogP) is 4.67. The van der Waals surface area contributed by atoms with Gasteiger partial charge in [-0.25, -0.2) is 4.98 Å². The Bertz CT molecular complexity index is 1410. The quantitative estimate of drug-likeness (QED) is 0.244. The monoisotopic (exact) mass is 460 g/mol. The van der Waals surface area contributed by atoms with E-state index in [9.17, 15) is 14.4 Å². The third kappa shape index (κ3) is 3.43. The number of methoxy groups -OCH3 is 1. The van der Waals surface area contributed by atoms with Gasteiger partial charge >= 0.3 is 0 Å². The van der Waals surface area contributed by atoms with Gasteiger partial charge in [0.25, 0.3) is 5.91 Å². The van der Waals surface area contributed by atoms with Gasteiger partial charge in [0, 0.05) is 0 Å². The molecule has 8 heteroatoms. The molecule has 1 aliphatic rings. The molecule has 2 unspecified atom stereocenters. The second-order valence-electron chi connectivity index (χ2n) is 8.01. The molecule has 166 valence electrons. The van der Waals surface area contributed by atoms with Crippen LogP contribution in [0.5, 0.6) is 5.75 Å². The third-order valence-electron chi connectivity index (χ3n) is 5.81. The second kappa shape index (κ2) is 7.97. The number of thiazole rings is 1. The van der Waals surface area contributed by atoms with E-state index in [0.29, 0.717) is 16.4 Å². The van der Waals surface area contributed by atoms with Crippen molar-refractivity contribution in [3.05, 3.63) is 77.2 Å². The number of fused-ring (bicyclic) bond motifs is 1. The summed E-state index contributed by atoms with van der Waals surface area (Å²) in [4.78, 5) is 45.8. The van der Waals surface area contributed by atoms with Crippen LogP contribution in [-0.4, -0.2) is 29.6 Å². The molecule has 3 heterocycles. The van der Waals surface area contributed by atoms with Gasteiger partial charge < -0.3 is 9.15 Å². The van der Waals surface area contributed by atoms with Crippen molar-refractivity contribution in [1.82, 2.24) is 4.98 Å². The van der Waals surface area contributed by atoms with E-state index < -0.39 is 29.4 Å². The number of ether oxygens (including phenoxy) is 1. The highest BCUT2D eigenvalue weighted by molar-refractivity contribution is 7.22. The molecule has 7 nitrogen and oxygen atoms in total. The molecule has 1 saturated heterocycles. The Balaban J connectivity index is 1.70. The molecule has 0 radical (unpaired) electrons. The Morgan fingerprint density at radius 1 is 1.12 bits per heavy atom. The molecule has 2 aromatic carbocycles. The van der Waals surface area contributed by atoms with Gasteiger partial charge in [-0.05, 0) is 60.9 Å². The van der Waals surface area contributed by atoms with E-state index in [-0.39, 0.29) is 5.76 Å². The lowest BCUT2D eigenvalue weighted by atomic mass is 9.88. The van der Waals surface area contributed by atoms with Crippen LogP contribution in [0.25, 0.3) is 10.2 Å². The molecule has 0 N–H and O–H groups in total. The summed E-state index contributed by atoms with van der Waals surface area (Å²) in [5, 5.41) is 0.375. The Labute approximate surface area is 193 Å². The summed E-state index contributed by atoms with van der Waals surface area (Å²) in [7, 11) is 1.53. The number of anilines is 1. The van der Waals surface area contributed by atoms with Crippen LogP contribution < -0.4 is 9.64 Å². The van der Waals surface area contributed by atoms with E-state index in [1.54, 1.807) is 30.3 Å². The zero-order valence-corrected chi connectivity index (χ0v) is 19.0. The lowest BCUT2D eigenvalue weighted by Gasteiger charge is -2.25. The number of Topliss-reactive ketones (excluding diaryl/α,β-unsaturated/α-hetero) is 2. The molecule has 0 bridgehead atoms. The largest absolute Gasteiger partial charge is 0.497 e. The van der Waals surface area contributed by atoms with Crippen LogP contribution in [0.4, 0.5) is 5.13 Å². The predicted molar refractivity (Wildman–Crippen MR) is 124 cm³/mol. The highest BCUT2D eigenvalue weighted by atomic mass is 32.1. The van der Waals surface area contributed by atoms with E-state index in [0.717, 1.165) is 21.3 Å². The van der Waals surface area contributed by atoms with Crippen molar-refractivity contribution in [2.45, 2.75) is 19.9 Å². The van der Waals surface area contributed by atoms with Crippen molar-refractivity contribution in [3.63, 3.8) is 0 Å². The fourth-order valence-corrected chi connectivity index (χ4v) is 5.52. The molecule has 2 aromatic heterocycles. The Morgan fingerprint density at radius 2 is 1.94 bits per heavy atom. The maximum absolute atomic E-state index is 13.3. The summed E-state index contributed by atoms with van der Waals surface area (Å²) >= 11 is 1.32. The number of rotatable bonds is 5. The van der Waals surface area contributed by atoms with Gasteiger partial charge in [0.1, 0.15) is 11.7 Å². The van der Waals surface area contributed by atoms with Gasteiger partial charge in [0.05, 0.1) is 29.6 Å². The number of carbonyl (C=O) groups excluding carboxylic acids is 3. The van der Waals surface area contributed by atoms with Gasteiger partial charge in [-0.3, -0.25) is 19.3 Å². The van der Waals surface area contributed by atoms with Crippen LogP contribution in [0.1, 0.15) is 33.3 Å². The summed E-state index contributed by atoms with van der Waals surface area (Å²) in [6, 6.07) is 13.2. The molecule has 5 rings (SSSR count). The lowest BCUT2D eigenvalue weighted by molar-refractivity contribution is -0.135. The van der Waals surface area contributed by atoms with Crippen molar-refractivity contribution >= 4 is 44.2 Å². The highest BCUT2D eigenvalue weighted by Gasteiger charge is 2.54. The number of amides is 1. The minimum Gasteiger partial charge on any atom is -0.497 e. The summed E-state index contributed by atoms with van der Waals surface area (Å²) in [5.41, 5.74) is 3.43. The van der Waals surface area contributed by atoms with E-state index in [1.165, 1.54) is 35.7 Å². The van der Waals surface area contributed by atoms with Gasteiger partial charge in [-0.15, -0.1) is 0 Å². The van der Waals surface area contributed by atoms with Crippen molar-refractivity contribution in [1.29, 1.82) is 0 Å². The van der Waals surface area contributed by atoms with E-state index in [2.05, 4.69) is 0 Å². The first-order chi connectivity index (χ1) is 15.9. The summed E-state index contributed by atoms with van der Waals surface area (Å²) in [5.74, 6) is -2.75. The Hall–Kier alpha value is -3.78. The first kappa shape index (κ1) is 21.1. The van der Waals surface area contributed by atoms with Crippen LogP contribution in [-0.2, 0) is 9.59 Å². The molecule has 33 heavy (non-hydrogen) atoms. The fourth-order valence-electron chi connectivity index (χ4n) is 4.34. The summed E-state index contributed by atoms with van der Waals surface area (Å²) < 4.78 is 11.5. The summed E-state index contributed by atoms with van der Waals surface area (Å²) in [6.07, 6.45) is 1.37. The molecule has 0 spiro atoms. The maximum Gasteiger partial charge on any atom is 0.297 e. The number of hydrogen-bond donors (Lipinski definition) is 0. The molecule has 1 aliphatic heterocycles.